The Morgan fingerprint density at radius 3 is 2.65 bits per heavy atom. The predicted molar refractivity (Wildman–Crippen MR) is 120 cm³/mol. The van der Waals surface area contributed by atoms with Crippen LogP contribution in [-0.2, 0) is 17.8 Å². The van der Waals surface area contributed by atoms with Crippen molar-refractivity contribution in [2.24, 2.45) is 0 Å². The van der Waals surface area contributed by atoms with Gasteiger partial charge in [-0.15, -0.1) is 5.10 Å². The van der Waals surface area contributed by atoms with Gasteiger partial charge in [-0.25, -0.2) is 4.68 Å². The van der Waals surface area contributed by atoms with Crippen LogP contribution < -0.4 is 0 Å². The second kappa shape index (κ2) is 8.68. The highest BCUT2D eigenvalue weighted by Crippen LogP contribution is 2.26. The van der Waals surface area contributed by atoms with Crippen LogP contribution in [0.2, 0.25) is 0 Å². The van der Waals surface area contributed by atoms with Crippen LogP contribution in [0.4, 0.5) is 0 Å². The zero-order valence-electron chi connectivity index (χ0n) is 17.4. The molecule has 6 nitrogen and oxygen atoms in total. The summed E-state index contributed by atoms with van der Waals surface area (Å²) in [7, 11) is 0. The topological polar surface area (TPSA) is 63.9 Å². The highest BCUT2D eigenvalue weighted by Gasteiger charge is 2.26. The van der Waals surface area contributed by atoms with Crippen LogP contribution in [0, 0.1) is 0 Å². The third kappa shape index (κ3) is 4.33. The number of likely N-dealkylation sites (tertiary alicyclic amines) is 1. The van der Waals surface area contributed by atoms with Crippen LogP contribution in [0.3, 0.4) is 0 Å². The van der Waals surface area contributed by atoms with Gasteiger partial charge in [0.15, 0.2) is 0 Å². The number of piperidine rings is 1. The number of rotatable bonds is 5. The van der Waals surface area contributed by atoms with E-state index in [-0.39, 0.29) is 18.4 Å². The van der Waals surface area contributed by atoms with Crippen LogP contribution in [0.15, 0.2) is 72.9 Å². The third-order valence-corrected chi connectivity index (χ3v) is 6.00. The molecule has 6 heteroatoms. The Labute approximate surface area is 181 Å². The Morgan fingerprint density at radius 2 is 1.81 bits per heavy atom. The molecule has 3 heterocycles. The van der Waals surface area contributed by atoms with E-state index in [2.05, 4.69) is 46.7 Å². The van der Waals surface area contributed by atoms with Gasteiger partial charge in [-0.3, -0.25) is 9.78 Å². The summed E-state index contributed by atoms with van der Waals surface area (Å²) in [4.78, 5) is 19.7. The lowest BCUT2D eigenvalue weighted by Gasteiger charge is -2.32. The number of carbonyl (C=O) groups excluding carboxylic acids is 1. The van der Waals surface area contributed by atoms with Crippen molar-refractivity contribution in [2.75, 3.05) is 13.1 Å². The highest BCUT2D eigenvalue weighted by atomic mass is 16.2. The molecule has 2 aromatic heterocycles. The summed E-state index contributed by atoms with van der Waals surface area (Å²) < 4.78 is 1.69. The number of carbonyl (C=O) groups is 1. The molecule has 2 aromatic carbocycles. The maximum atomic E-state index is 13.0. The maximum Gasteiger partial charge on any atom is 0.244 e. The summed E-state index contributed by atoms with van der Waals surface area (Å²) >= 11 is 0. The van der Waals surface area contributed by atoms with Crippen molar-refractivity contribution in [3.8, 4) is 0 Å². The van der Waals surface area contributed by atoms with Crippen molar-refractivity contribution in [1.82, 2.24) is 24.9 Å². The fraction of sp³-hybridized carbons (Fsp3) is 0.280. The average Bonchev–Trinajstić information content (AvgIpc) is 3.23. The van der Waals surface area contributed by atoms with E-state index in [0.29, 0.717) is 6.54 Å². The Bertz CT molecular complexity index is 1170. The average molecular weight is 412 g/mol. The van der Waals surface area contributed by atoms with Gasteiger partial charge in [0, 0.05) is 30.9 Å². The normalized spacial score (nSPS) is 16.5. The van der Waals surface area contributed by atoms with Gasteiger partial charge in [-0.1, -0.05) is 53.7 Å². The Balaban J connectivity index is 1.24. The van der Waals surface area contributed by atoms with Crippen LogP contribution in [-0.4, -0.2) is 43.9 Å². The number of pyridine rings is 1. The number of para-hydroxylation sites is 1. The molecule has 0 unspecified atom stereocenters. The summed E-state index contributed by atoms with van der Waals surface area (Å²) in [6, 6.07) is 22.4. The van der Waals surface area contributed by atoms with E-state index in [9.17, 15) is 4.79 Å². The van der Waals surface area contributed by atoms with Gasteiger partial charge in [0.2, 0.25) is 5.91 Å². The van der Waals surface area contributed by atoms with Gasteiger partial charge in [0.1, 0.15) is 12.1 Å². The molecule has 1 saturated heterocycles. The number of nitrogens with zero attached hydrogens (tertiary/aromatic N) is 5. The van der Waals surface area contributed by atoms with E-state index in [1.807, 2.05) is 41.4 Å². The molecule has 1 aliphatic heterocycles. The molecule has 0 saturated carbocycles. The zero-order chi connectivity index (χ0) is 21.0. The SMILES string of the molecule is O=C(Cn1nnc2ccccc21)N1CCC[C@H](c2ccc(Cc3ccccc3)cn2)C1. The van der Waals surface area contributed by atoms with Crippen molar-refractivity contribution in [1.29, 1.82) is 0 Å². The molecular weight excluding hydrogens is 386 g/mol. The van der Waals surface area contributed by atoms with Gasteiger partial charge in [-0.05, 0) is 48.6 Å². The van der Waals surface area contributed by atoms with E-state index in [1.54, 1.807) is 4.68 Å². The van der Waals surface area contributed by atoms with Crippen molar-refractivity contribution >= 4 is 16.9 Å². The molecule has 1 amide bonds. The smallest absolute Gasteiger partial charge is 0.244 e. The fourth-order valence-corrected chi connectivity index (χ4v) is 4.32. The monoisotopic (exact) mass is 411 g/mol. The van der Waals surface area contributed by atoms with Crippen molar-refractivity contribution in [2.45, 2.75) is 31.7 Å². The largest absolute Gasteiger partial charge is 0.340 e. The minimum atomic E-state index is 0.0843. The summed E-state index contributed by atoms with van der Waals surface area (Å²) in [6.07, 6.45) is 4.91. The number of hydrogen-bond acceptors (Lipinski definition) is 4. The van der Waals surface area contributed by atoms with Gasteiger partial charge >= 0.3 is 0 Å². The summed E-state index contributed by atoms with van der Waals surface area (Å²) in [5.74, 6) is 0.358. The Morgan fingerprint density at radius 1 is 0.968 bits per heavy atom. The molecule has 5 rings (SSSR count). The molecule has 4 aromatic rings. The van der Waals surface area contributed by atoms with Gasteiger partial charge in [0.25, 0.3) is 0 Å². The first-order valence-electron chi connectivity index (χ1n) is 10.8. The van der Waals surface area contributed by atoms with Gasteiger partial charge in [0.05, 0.1) is 5.52 Å². The number of hydrogen-bond donors (Lipinski definition) is 0. The van der Waals surface area contributed by atoms with E-state index in [4.69, 9.17) is 4.98 Å². The zero-order valence-corrected chi connectivity index (χ0v) is 17.4. The molecule has 0 radical (unpaired) electrons. The molecule has 0 bridgehead atoms. The van der Waals surface area contributed by atoms with E-state index in [1.165, 1.54) is 11.1 Å². The molecule has 0 aliphatic carbocycles. The minimum Gasteiger partial charge on any atom is -0.340 e. The van der Waals surface area contributed by atoms with Gasteiger partial charge in [-0.2, -0.15) is 0 Å². The van der Waals surface area contributed by atoms with Crippen molar-refractivity contribution in [3.05, 3.63) is 89.7 Å². The van der Waals surface area contributed by atoms with Crippen LogP contribution >= 0.6 is 0 Å². The van der Waals surface area contributed by atoms with Crippen molar-refractivity contribution < 1.29 is 4.79 Å². The molecule has 1 atom stereocenters. The van der Waals surface area contributed by atoms with Crippen LogP contribution in [0.1, 0.15) is 35.6 Å². The van der Waals surface area contributed by atoms with Gasteiger partial charge < -0.3 is 4.90 Å². The number of benzene rings is 2. The first-order valence-corrected chi connectivity index (χ1v) is 10.8. The lowest BCUT2D eigenvalue weighted by atomic mass is 9.93. The number of fused-ring (bicyclic) bond motifs is 1. The Hall–Kier alpha value is -3.54. The molecular formula is C25H25N5O. The summed E-state index contributed by atoms with van der Waals surface area (Å²) in [5.41, 5.74) is 5.26. The molecule has 31 heavy (non-hydrogen) atoms. The predicted octanol–water partition coefficient (Wildman–Crippen LogP) is 3.82. The first kappa shape index (κ1) is 19.4. The number of aromatic nitrogens is 4. The van der Waals surface area contributed by atoms with Crippen molar-refractivity contribution in [3.63, 3.8) is 0 Å². The molecule has 1 aliphatic rings. The standard InChI is InChI=1S/C25H25N5O/c31-25(18-30-24-11-5-4-10-23(24)27-28-30)29-14-6-9-21(17-29)22-13-12-20(16-26-22)15-19-7-2-1-3-8-19/h1-5,7-8,10-13,16,21H,6,9,14-15,17-18H2/t21-/m0/s1. The minimum absolute atomic E-state index is 0.0843. The third-order valence-electron chi connectivity index (χ3n) is 6.00. The summed E-state index contributed by atoms with van der Waals surface area (Å²) in [5, 5.41) is 8.31. The Kier molecular flexibility index (Phi) is 5.44. The van der Waals surface area contributed by atoms with E-state index in [0.717, 1.165) is 42.5 Å². The lowest BCUT2D eigenvalue weighted by molar-refractivity contribution is -0.133. The first-order chi connectivity index (χ1) is 15.3. The van der Waals surface area contributed by atoms with Crippen LogP contribution in [0.25, 0.3) is 11.0 Å². The van der Waals surface area contributed by atoms with E-state index < -0.39 is 0 Å². The lowest BCUT2D eigenvalue weighted by Crippen LogP contribution is -2.41. The number of amides is 1. The van der Waals surface area contributed by atoms with E-state index >= 15 is 0 Å². The molecule has 0 N–H and O–H groups in total. The second-order valence-corrected chi connectivity index (χ2v) is 8.17. The molecule has 1 fully saturated rings. The summed E-state index contributed by atoms with van der Waals surface area (Å²) in [6.45, 7) is 1.71. The molecule has 156 valence electrons. The quantitative estimate of drug-likeness (QED) is 0.501. The second-order valence-electron chi connectivity index (χ2n) is 8.17. The fourth-order valence-electron chi connectivity index (χ4n) is 4.32. The van der Waals surface area contributed by atoms with Crippen LogP contribution in [0.5, 0.6) is 0 Å². The highest BCUT2D eigenvalue weighted by molar-refractivity contribution is 5.80. The maximum absolute atomic E-state index is 13.0. The molecule has 0 spiro atoms.